The lowest BCUT2D eigenvalue weighted by Crippen LogP contribution is -2.49. The van der Waals surface area contributed by atoms with Crippen LogP contribution in [-0.2, 0) is 19.4 Å². The third-order valence-electron chi connectivity index (χ3n) is 4.83. The minimum atomic E-state index is 0.595. The summed E-state index contributed by atoms with van der Waals surface area (Å²) in [7, 11) is 2.23. The smallest absolute Gasteiger partial charge is 0.0515 e. The van der Waals surface area contributed by atoms with Crippen molar-refractivity contribution < 1.29 is 0 Å². The van der Waals surface area contributed by atoms with Crippen LogP contribution in [0, 0.1) is 0 Å². The topological polar surface area (TPSA) is 20.2 Å². The minimum Gasteiger partial charge on any atom is -0.347 e. The van der Waals surface area contributed by atoms with Gasteiger partial charge in [-0.25, -0.2) is 0 Å². The Morgan fingerprint density at radius 3 is 3.15 bits per heavy atom. The van der Waals surface area contributed by atoms with E-state index < -0.39 is 0 Å². The molecule has 0 aliphatic carbocycles. The van der Waals surface area contributed by atoms with Gasteiger partial charge in [-0.15, -0.1) is 0 Å². The highest BCUT2D eigenvalue weighted by Crippen LogP contribution is 2.30. The Labute approximate surface area is 120 Å². The van der Waals surface area contributed by atoms with Crippen LogP contribution in [0.5, 0.6) is 0 Å². The van der Waals surface area contributed by atoms with Crippen LogP contribution < -0.4 is 5.32 Å². The summed E-state index contributed by atoms with van der Waals surface area (Å²) in [5.41, 5.74) is 4.56. The van der Waals surface area contributed by atoms with Gasteiger partial charge in [0.15, 0.2) is 0 Å². The zero-order chi connectivity index (χ0) is 13.5. The highest BCUT2D eigenvalue weighted by atomic mass is 15.2. The molecule has 0 radical (unpaired) electrons. The molecule has 0 bridgehead atoms. The van der Waals surface area contributed by atoms with Crippen LogP contribution in [0.15, 0.2) is 24.4 Å². The van der Waals surface area contributed by atoms with Crippen molar-refractivity contribution in [3.63, 3.8) is 0 Å². The molecule has 0 amide bonds. The van der Waals surface area contributed by atoms with Gasteiger partial charge < -0.3 is 14.8 Å². The van der Waals surface area contributed by atoms with Gasteiger partial charge in [-0.2, -0.15) is 0 Å². The van der Waals surface area contributed by atoms with Gasteiger partial charge in [0, 0.05) is 43.8 Å². The molecule has 0 saturated carbocycles. The predicted octanol–water partition coefficient (Wildman–Crippen LogP) is 2.03. The van der Waals surface area contributed by atoms with Gasteiger partial charge in [0.25, 0.3) is 0 Å². The molecule has 1 atom stereocenters. The third-order valence-corrected chi connectivity index (χ3v) is 4.83. The Bertz CT molecular complexity index is 628. The van der Waals surface area contributed by atoms with Crippen LogP contribution in [0.3, 0.4) is 0 Å². The van der Waals surface area contributed by atoms with E-state index in [9.17, 15) is 0 Å². The molecule has 3 nitrogen and oxygen atoms in total. The van der Waals surface area contributed by atoms with Crippen molar-refractivity contribution in [3.05, 3.63) is 35.5 Å². The molecule has 2 aliphatic heterocycles. The summed E-state index contributed by atoms with van der Waals surface area (Å²) >= 11 is 0. The zero-order valence-corrected chi connectivity index (χ0v) is 12.2. The average Bonchev–Trinajstić information content (AvgIpc) is 2.80. The Morgan fingerprint density at radius 1 is 1.30 bits per heavy atom. The third kappa shape index (κ3) is 2.05. The molecule has 4 rings (SSSR count). The summed E-state index contributed by atoms with van der Waals surface area (Å²) in [6, 6.07) is 7.44. The number of nitrogens with zero attached hydrogens (tertiary/aromatic N) is 2. The van der Waals surface area contributed by atoms with Gasteiger partial charge in [0.05, 0.1) is 5.52 Å². The number of benzene rings is 1. The van der Waals surface area contributed by atoms with Crippen LogP contribution >= 0.6 is 0 Å². The SMILES string of the molecule is CN1CCNC(Cc2cn3c4c(cccc24)CCC3)C1. The Kier molecular flexibility index (Phi) is 3.04. The first-order valence-corrected chi connectivity index (χ1v) is 7.83. The van der Waals surface area contributed by atoms with Gasteiger partial charge in [0.1, 0.15) is 0 Å². The molecule has 1 fully saturated rings. The summed E-state index contributed by atoms with van der Waals surface area (Å²) < 4.78 is 2.48. The van der Waals surface area contributed by atoms with Crippen LogP contribution in [0.25, 0.3) is 10.9 Å². The molecule has 1 N–H and O–H groups in total. The van der Waals surface area contributed by atoms with E-state index in [1.807, 2.05) is 0 Å². The molecule has 1 aromatic heterocycles. The molecule has 20 heavy (non-hydrogen) atoms. The summed E-state index contributed by atoms with van der Waals surface area (Å²) in [5, 5.41) is 5.15. The van der Waals surface area contributed by atoms with Crippen LogP contribution in [0.4, 0.5) is 0 Å². The van der Waals surface area contributed by atoms with E-state index in [1.54, 1.807) is 0 Å². The van der Waals surface area contributed by atoms with Gasteiger partial charge in [-0.3, -0.25) is 0 Å². The number of hydrogen-bond donors (Lipinski definition) is 1. The van der Waals surface area contributed by atoms with Gasteiger partial charge in [-0.1, -0.05) is 18.2 Å². The molecule has 3 heterocycles. The van der Waals surface area contributed by atoms with E-state index in [1.165, 1.54) is 48.0 Å². The molecule has 1 unspecified atom stereocenters. The van der Waals surface area contributed by atoms with Crippen molar-refractivity contribution in [2.45, 2.75) is 31.8 Å². The highest BCUT2D eigenvalue weighted by molar-refractivity contribution is 5.87. The van der Waals surface area contributed by atoms with E-state index in [0.29, 0.717) is 6.04 Å². The molecular weight excluding hydrogens is 246 g/mol. The number of likely N-dealkylation sites (N-methyl/N-ethyl adjacent to an activating group) is 1. The molecule has 1 saturated heterocycles. The van der Waals surface area contributed by atoms with Crippen LogP contribution in [0.1, 0.15) is 17.5 Å². The monoisotopic (exact) mass is 269 g/mol. The van der Waals surface area contributed by atoms with E-state index in [-0.39, 0.29) is 0 Å². The fraction of sp³-hybridized carbons (Fsp3) is 0.529. The van der Waals surface area contributed by atoms with E-state index in [0.717, 1.165) is 19.5 Å². The quantitative estimate of drug-likeness (QED) is 0.900. The molecule has 3 heteroatoms. The lowest BCUT2D eigenvalue weighted by Gasteiger charge is -2.30. The molecule has 106 valence electrons. The first-order chi connectivity index (χ1) is 9.81. The van der Waals surface area contributed by atoms with E-state index in [2.05, 4.69) is 46.2 Å². The largest absolute Gasteiger partial charge is 0.347 e. The number of aryl methyl sites for hydroxylation is 2. The lowest BCUT2D eigenvalue weighted by molar-refractivity contribution is 0.238. The number of aromatic nitrogens is 1. The number of hydrogen-bond acceptors (Lipinski definition) is 2. The first-order valence-electron chi connectivity index (χ1n) is 7.83. The molecule has 2 aromatic rings. The van der Waals surface area contributed by atoms with Crippen molar-refractivity contribution in [2.75, 3.05) is 26.7 Å². The molecule has 1 aromatic carbocycles. The summed E-state index contributed by atoms with van der Waals surface area (Å²) in [6.45, 7) is 4.63. The molecule has 2 aliphatic rings. The maximum atomic E-state index is 3.67. The van der Waals surface area contributed by atoms with Crippen molar-refractivity contribution in [1.29, 1.82) is 0 Å². The lowest BCUT2D eigenvalue weighted by atomic mass is 10.00. The summed E-state index contributed by atoms with van der Waals surface area (Å²) in [5.74, 6) is 0. The number of rotatable bonds is 2. The normalized spacial score (nSPS) is 23.4. The number of nitrogens with one attached hydrogen (secondary N) is 1. The van der Waals surface area contributed by atoms with E-state index in [4.69, 9.17) is 0 Å². The summed E-state index contributed by atoms with van der Waals surface area (Å²) in [6.07, 6.45) is 6.08. The van der Waals surface area contributed by atoms with E-state index >= 15 is 0 Å². The maximum Gasteiger partial charge on any atom is 0.0515 e. The van der Waals surface area contributed by atoms with Crippen molar-refractivity contribution in [1.82, 2.24) is 14.8 Å². The molecular formula is C17H23N3. The molecule has 0 spiro atoms. The minimum absolute atomic E-state index is 0.595. The van der Waals surface area contributed by atoms with Gasteiger partial charge >= 0.3 is 0 Å². The Hall–Kier alpha value is -1.32. The summed E-state index contributed by atoms with van der Waals surface area (Å²) in [4.78, 5) is 2.43. The van der Waals surface area contributed by atoms with Crippen molar-refractivity contribution in [2.24, 2.45) is 0 Å². The average molecular weight is 269 g/mol. The van der Waals surface area contributed by atoms with Crippen molar-refractivity contribution >= 4 is 10.9 Å². The predicted molar refractivity (Wildman–Crippen MR) is 83.3 cm³/mol. The van der Waals surface area contributed by atoms with Gasteiger partial charge in [0.2, 0.25) is 0 Å². The zero-order valence-electron chi connectivity index (χ0n) is 12.2. The fourth-order valence-corrected chi connectivity index (χ4v) is 3.89. The Balaban J connectivity index is 1.69. The first kappa shape index (κ1) is 12.4. The number of piperazine rings is 1. The van der Waals surface area contributed by atoms with Gasteiger partial charge in [-0.05, 0) is 37.4 Å². The second-order valence-corrected chi connectivity index (χ2v) is 6.38. The second kappa shape index (κ2) is 4.90. The second-order valence-electron chi connectivity index (χ2n) is 6.38. The van der Waals surface area contributed by atoms with Crippen LogP contribution in [-0.4, -0.2) is 42.2 Å². The fourth-order valence-electron chi connectivity index (χ4n) is 3.89. The highest BCUT2D eigenvalue weighted by Gasteiger charge is 2.21. The maximum absolute atomic E-state index is 3.67. The van der Waals surface area contributed by atoms with Crippen LogP contribution in [0.2, 0.25) is 0 Å². The number of para-hydroxylation sites is 1. The Morgan fingerprint density at radius 2 is 2.25 bits per heavy atom. The van der Waals surface area contributed by atoms with Crippen molar-refractivity contribution in [3.8, 4) is 0 Å². The standard InChI is InChI=1S/C17H23N3/c1-19-9-7-18-15(12-19)10-14-11-20-8-3-5-13-4-2-6-16(14)17(13)20/h2,4,6,11,15,18H,3,5,7-10,12H2,1H3.